The summed E-state index contributed by atoms with van der Waals surface area (Å²) in [5.74, 6) is -1.78. The molecule has 266 valence electrons. The van der Waals surface area contributed by atoms with E-state index >= 15 is 0 Å². The molecule has 3 aromatic rings. The third kappa shape index (κ3) is 9.13. The summed E-state index contributed by atoms with van der Waals surface area (Å²) in [5.41, 5.74) is 13.7. The number of aromatic amines is 2. The Morgan fingerprint density at radius 2 is 1.00 bits per heavy atom. The summed E-state index contributed by atoms with van der Waals surface area (Å²) in [6.45, 7) is 20.6. The van der Waals surface area contributed by atoms with E-state index in [1.807, 2.05) is 71.9 Å². The van der Waals surface area contributed by atoms with Crippen LogP contribution < -0.4 is 0 Å². The van der Waals surface area contributed by atoms with Crippen molar-refractivity contribution in [3.05, 3.63) is 82.5 Å². The smallest absolute Gasteiger partial charge is 0.303 e. The second kappa shape index (κ2) is 18.1. The third-order valence-corrected chi connectivity index (χ3v) is 8.67. The summed E-state index contributed by atoms with van der Waals surface area (Å²) in [7, 11) is 0. The molecule has 8 bridgehead atoms. The van der Waals surface area contributed by atoms with Crippen molar-refractivity contribution in [1.29, 1.82) is 0 Å². The minimum absolute atomic E-state index is 0.0367. The Bertz CT molecular complexity index is 1990. The predicted molar refractivity (Wildman–Crippen MR) is 204 cm³/mol. The molecule has 0 radical (unpaired) electrons. The highest BCUT2D eigenvalue weighted by molar-refractivity contribution is 5.97. The molecule has 0 fully saturated rings. The number of aryl methyl sites for hydroxylation is 2. The van der Waals surface area contributed by atoms with Crippen LogP contribution in [0.5, 0.6) is 0 Å². The number of aliphatic hydroxyl groups is 2. The molecule has 2 aliphatic heterocycles. The summed E-state index contributed by atoms with van der Waals surface area (Å²) < 4.78 is 0. The van der Waals surface area contributed by atoms with Crippen molar-refractivity contribution in [3.8, 4) is 0 Å². The summed E-state index contributed by atoms with van der Waals surface area (Å²) >= 11 is 0. The van der Waals surface area contributed by atoms with Gasteiger partial charge in [-0.15, -0.1) is 0 Å². The van der Waals surface area contributed by atoms with Gasteiger partial charge in [0.2, 0.25) is 0 Å². The molecule has 3 aromatic heterocycles. The highest BCUT2D eigenvalue weighted by Gasteiger charge is 2.22. The van der Waals surface area contributed by atoms with Crippen LogP contribution in [-0.4, -0.2) is 65.5 Å². The van der Waals surface area contributed by atoms with E-state index in [1.54, 1.807) is 0 Å². The molecule has 0 saturated carbocycles. The Morgan fingerprint density at radius 3 is 1.36 bits per heavy atom. The number of hydrogen-bond donors (Lipinski definition) is 6. The lowest BCUT2D eigenvalue weighted by atomic mass is 9.98. The Hall–Kier alpha value is -5.06. The highest BCUT2D eigenvalue weighted by atomic mass is 16.4. The van der Waals surface area contributed by atoms with Crippen molar-refractivity contribution < 1.29 is 30.0 Å². The maximum Gasteiger partial charge on any atom is 0.303 e. The van der Waals surface area contributed by atoms with Crippen LogP contribution in [0.4, 0.5) is 0 Å². The van der Waals surface area contributed by atoms with Gasteiger partial charge in [0.1, 0.15) is 0 Å². The minimum atomic E-state index is -0.889. The number of carboxylic acid groups (broad SMARTS) is 2. The number of nitrogens with zero attached hydrogens (tertiary/aromatic N) is 2. The number of H-pyrrole nitrogens is 2. The first-order chi connectivity index (χ1) is 23.8. The molecule has 10 nitrogen and oxygen atoms in total. The molecular formula is C40H50N4O6. The first-order valence-corrected chi connectivity index (χ1v) is 16.9. The third-order valence-electron chi connectivity index (χ3n) is 8.67. The van der Waals surface area contributed by atoms with Gasteiger partial charge in [0, 0.05) is 59.2 Å². The van der Waals surface area contributed by atoms with Gasteiger partial charge >= 0.3 is 11.9 Å². The molecule has 0 atom stereocenters. The quantitative estimate of drug-likeness (QED) is 0.123. The number of carboxylic acids is 2. The van der Waals surface area contributed by atoms with Gasteiger partial charge in [-0.2, -0.15) is 0 Å². The number of aromatic nitrogens is 4. The zero-order valence-electron chi connectivity index (χ0n) is 30.0. The van der Waals surface area contributed by atoms with E-state index in [4.69, 9.17) is 20.2 Å². The molecule has 5 rings (SSSR count). The van der Waals surface area contributed by atoms with E-state index in [0.717, 1.165) is 90.8 Å². The molecule has 0 aromatic carbocycles. The van der Waals surface area contributed by atoms with Crippen LogP contribution in [0.25, 0.3) is 56.5 Å². The summed E-state index contributed by atoms with van der Waals surface area (Å²) in [4.78, 5) is 40.0. The average molecular weight is 683 g/mol. The van der Waals surface area contributed by atoms with Crippen LogP contribution in [0.2, 0.25) is 0 Å². The van der Waals surface area contributed by atoms with Gasteiger partial charge in [-0.25, -0.2) is 9.97 Å². The largest absolute Gasteiger partial charge is 0.481 e. The van der Waals surface area contributed by atoms with Crippen LogP contribution in [0, 0.1) is 13.8 Å². The van der Waals surface area contributed by atoms with Crippen molar-refractivity contribution in [2.24, 2.45) is 0 Å². The van der Waals surface area contributed by atoms with E-state index in [-0.39, 0.29) is 12.8 Å². The average Bonchev–Trinajstić information content (AvgIpc) is 3.75. The Kier molecular flexibility index (Phi) is 14.2. The fourth-order valence-electron chi connectivity index (χ4n) is 5.77. The molecular weight excluding hydrogens is 632 g/mol. The van der Waals surface area contributed by atoms with E-state index in [2.05, 4.69) is 29.2 Å². The van der Waals surface area contributed by atoms with Gasteiger partial charge in [-0.05, 0) is 111 Å². The highest BCUT2D eigenvalue weighted by Crippen LogP contribution is 2.38. The number of aliphatic carboxylic acids is 2. The number of nitrogens with one attached hydrogen (secondary N) is 2. The molecule has 0 amide bonds. The van der Waals surface area contributed by atoms with E-state index in [1.165, 1.54) is 0 Å². The van der Waals surface area contributed by atoms with Crippen LogP contribution in [-0.2, 0) is 9.59 Å². The van der Waals surface area contributed by atoms with Crippen molar-refractivity contribution in [3.63, 3.8) is 0 Å². The lowest BCUT2D eigenvalue weighted by Gasteiger charge is -2.05. The topological polar surface area (TPSA) is 172 Å². The van der Waals surface area contributed by atoms with E-state index in [0.29, 0.717) is 37.4 Å². The number of hydrogen-bond acceptors (Lipinski definition) is 6. The first kappa shape index (κ1) is 39.4. The molecule has 10 heteroatoms. The zero-order valence-corrected chi connectivity index (χ0v) is 30.0. The zero-order chi connectivity index (χ0) is 37.1. The molecule has 0 unspecified atom stereocenters. The normalized spacial score (nSPS) is 12.2. The molecule has 5 heterocycles. The molecule has 0 spiro atoms. The van der Waals surface area contributed by atoms with Crippen molar-refractivity contribution in [2.75, 3.05) is 13.2 Å². The number of rotatable bonds is 10. The number of fused-ring (bicyclic) bond motifs is 8. The molecule has 0 saturated heterocycles. The number of allylic oxidation sites excluding steroid dienone is 4. The molecule has 50 heavy (non-hydrogen) atoms. The van der Waals surface area contributed by atoms with Crippen LogP contribution >= 0.6 is 0 Å². The summed E-state index contributed by atoms with van der Waals surface area (Å²) in [6.07, 6.45) is 5.95. The van der Waals surface area contributed by atoms with Crippen LogP contribution in [0.15, 0.2) is 37.4 Å². The van der Waals surface area contributed by atoms with E-state index in [9.17, 15) is 19.8 Å². The van der Waals surface area contributed by atoms with Gasteiger partial charge < -0.3 is 30.4 Å². The monoisotopic (exact) mass is 682 g/mol. The number of carbonyl (C=O) groups is 2. The van der Waals surface area contributed by atoms with Crippen molar-refractivity contribution in [1.82, 2.24) is 19.9 Å². The van der Waals surface area contributed by atoms with Gasteiger partial charge in [0.25, 0.3) is 0 Å². The molecule has 2 aliphatic rings. The van der Waals surface area contributed by atoms with Crippen LogP contribution in [0.3, 0.4) is 0 Å². The van der Waals surface area contributed by atoms with Gasteiger partial charge in [-0.3, -0.25) is 9.59 Å². The maximum absolute atomic E-state index is 11.5. The maximum atomic E-state index is 11.5. The van der Waals surface area contributed by atoms with Gasteiger partial charge in [-0.1, -0.05) is 39.2 Å². The van der Waals surface area contributed by atoms with E-state index < -0.39 is 11.9 Å². The van der Waals surface area contributed by atoms with Crippen LogP contribution in [0.1, 0.15) is 111 Å². The molecule has 0 aliphatic carbocycles. The SMILES string of the molecule is C=Cc1c(C)c2cc3[nH]c(cc4nc(cc5nc(cc1[nH]2)C(C)=C5CCC(=O)O)C(CCC(=O)O)=C4C)c(C)c3C=C.CCCO.CCCO. The van der Waals surface area contributed by atoms with Crippen molar-refractivity contribution >= 4 is 68.4 Å². The lowest BCUT2D eigenvalue weighted by molar-refractivity contribution is -0.137. The fraction of sp³-hybridized carbons (Fsp3) is 0.350. The van der Waals surface area contributed by atoms with Crippen molar-refractivity contribution in [2.45, 2.75) is 80.1 Å². The Morgan fingerprint density at radius 1 is 0.640 bits per heavy atom. The standard InChI is InChI=1S/C34H34N4O4.2C3H8O/c1-7-21-17(3)25-13-26-19(5)23(9-11-33(39)40)31(37-26)16-32-24(10-12-34(41)42)20(6)28(38-32)15-30-22(8-2)18(4)27(36-30)14-29(21)35-25;2*1-2-3-4/h7-8,13-16,35-36H,1-2,9-12H2,3-6H3,(H,39,40)(H,41,42);2*4H,2-3H2,1H3. The molecule has 6 N–H and O–H groups in total. The summed E-state index contributed by atoms with van der Waals surface area (Å²) in [5, 5.41) is 34.6. The summed E-state index contributed by atoms with van der Waals surface area (Å²) in [6, 6.07) is 7.88. The van der Waals surface area contributed by atoms with Gasteiger partial charge in [0.05, 0.1) is 22.8 Å². The second-order valence-corrected chi connectivity index (χ2v) is 12.2. The Labute approximate surface area is 293 Å². The predicted octanol–water partition coefficient (Wildman–Crippen LogP) is 8.59. The lowest BCUT2D eigenvalue weighted by Crippen LogP contribution is -1.97. The second-order valence-electron chi connectivity index (χ2n) is 12.2. The van der Waals surface area contributed by atoms with Gasteiger partial charge in [0.15, 0.2) is 0 Å². The fourth-order valence-corrected chi connectivity index (χ4v) is 5.77. The Balaban J connectivity index is 0.000000764. The first-order valence-electron chi connectivity index (χ1n) is 16.9. The number of aliphatic hydroxyl groups excluding tert-OH is 2. The minimum Gasteiger partial charge on any atom is -0.481 e.